The van der Waals surface area contributed by atoms with E-state index in [1.165, 1.54) is 30.3 Å². The van der Waals surface area contributed by atoms with Gasteiger partial charge in [-0.05, 0) is 54.6 Å². The minimum Gasteiger partial charge on any atom is -0.497 e. The number of methoxy groups -OCH3 is 1. The summed E-state index contributed by atoms with van der Waals surface area (Å²) in [6.45, 7) is -0.250. The Bertz CT molecular complexity index is 967. The topological polar surface area (TPSA) is 73.2 Å². The monoisotopic (exact) mass is 353 g/mol. The Kier molecular flexibility index (Phi) is 5.07. The average molecular weight is 353 g/mol. The fourth-order valence-corrected chi connectivity index (χ4v) is 2.35. The first-order valence-electron chi connectivity index (χ1n) is 7.83. The molecule has 1 aromatic heterocycles. The molecule has 2 aromatic carbocycles. The molecule has 6 nitrogen and oxygen atoms in total. The standard InChI is InChI=1S/C19H16FN3O3/c1-26-16-8-2-13(3-9-16)17-10-11-19(25)23(22-17)12-18(24)21-15-6-4-14(20)5-7-15/h2-11H,12H2,1H3,(H,21,24). The molecule has 1 N–H and O–H groups in total. The minimum absolute atomic E-state index is 0.250. The molecule has 0 spiro atoms. The van der Waals surface area contributed by atoms with Gasteiger partial charge in [-0.15, -0.1) is 0 Å². The summed E-state index contributed by atoms with van der Waals surface area (Å²) < 4.78 is 19.1. The molecule has 132 valence electrons. The fourth-order valence-electron chi connectivity index (χ4n) is 2.35. The number of benzene rings is 2. The number of aromatic nitrogens is 2. The molecule has 26 heavy (non-hydrogen) atoms. The molecule has 1 heterocycles. The Hall–Kier alpha value is -3.48. The van der Waals surface area contributed by atoms with Crippen molar-refractivity contribution in [1.82, 2.24) is 9.78 Å². The van der Waals surface area contributed by atoms with Crippen LogP contribution in [0.5, 0.6) is 5.75 Å². The number of nitrogens with zero attached hydrogens (tertiary/aromatic N) is 2. The van der Waals surface area contributed by atoms with E-state index in [9.17, 15) is 14.0 Å². The summed E-state index contributed by atoms with van der Waals surface area (Å²) in [5.41, 5.74) is 1.40. The number of nitrogens with one attached hydrogen (secondary N) is 1. The highest BCUT2D eigenvalue weighted by molar-refractivity contribution is 5.90. The van der Waals surface area contributed by atoms with Crippen LogP contribution < -0.4 is 15.6 Å². The van der Waals surface area contributed by atoms with Gasteiger partial charge >= 0.3 is 0 Å². The summed E-state index contributed by atoms with van der Waals surface area (Å²) in [4.78, 5) is 24.1. The Morgan fingerprint density at radius 3 is 2.42 bits per heavy atom. The van der Waals surface area contributed by atoms with Crippen molar-refractivity contribution in [1.29, 1.82) is 0 Å². The fraction of sp³-hybridized carbons (Fsp3) is 0.105. The van der Waals surface area contributed by atoms with Gasteiger partial charge in [-0.25, -0.2) is 9.07 Å². The van der Waals surface area contributed by atoms with Crippen molar-refractivity contribution in [2.45, 2.75) is 6.54 Å². The van der Waals surface area contributed by atoms with Crippen LogP contribution in [0.25, 0.3) is 11.3 Å². The molecule has 0 aliphatic heterocycles. The second kappa shape index (κ2) is 7.60. The highest BCUT2D eigenvalue weighted by Crippen LogP contribution is 2.19. The Morgan fingerprint density at radius 2 is 1.77 bits per heavy atom. The lowest BCUT2D eigenvalue weighted by molar-refractivity contribution is -0.117. The zero-order valence-corrected chi connectivity index (χ0v) is 14.0. The maximum absolute atomic E-state index is 12.9. The first-order valence-corrected chi connectivity index (χ1v) is 7.83. The number of amides is 1. The van der Waals surface area contributed by atoms with E-state index in [1.807, 2.05) is 12.1 Å². The normalized spacial score (nSPS) is 10.4. The number of rotatable bonds is 5. The Labute approximate surface area is 148 Å². The summed E-state index contributed by atoms with van der Waals surface area (Å²) in [7, 11) is 1.58. The molecular formula is C19H16FN3O3. The van der Waals surface area contributed by atoms with Crippen LogP contribution in [0.4, 0.5) is 10.1 Å². The van der Waals surface area contributed by atoms with Crippen molar-refractivity contribution in [3.8, 4) is 17.0 Å². The van der Waals surface area contributed by atoms with Gasteiger partial charge in [0.2, 0.25) is 5.91 Å². The minimum atomic E-state index is -0.432. The zero-order valence-electron chi connectivity index (χ0n) is 14.0. The number of hydrogen-bond acceptors (Lipinski definition) is 4. The number of hydrogen-bond donors (Lipinski definition) is 1. The van der Waals surface area contributed by atoms with Crippen molar-refractivity contribution in [2.75, 3.05) is 12.4 Å². The predicted molar refractivity (Wildman–Crippen MR) is 95.5 cm³/mol. The van der Waals surface area contributed by atoms with Gasteiger partial charge < -0.3 is 10.1 Å². The molecule has 0 saturated carbocycles. The van der Waals surface area contributed by atoms with E-state index in [4.69, 9.17) is 4.74 Å². The van der Waals surface area contributed by atoms with E-state index in [0.717, 1.165) is 10.2 Å². The van der Waals surface area contributed by atoms with E-state index >= 15 is 0 Å². The van der Waals surface area contributed by atoms with E-state index in [1.54, 1.807) is 25.3 Å². The van der Waals surface area contributed by atoms with Gasteiger partial charge in [0.1, 0.15) is 18.1 Å². The first kappa shape index (κ1) is 17.3. The van der Waals surface area contributed by atoms with Crippen LogP contribution in [0, 0.1) is 5.82 Å². The van der Waals surface area contributed by atoms with Gasteiger partial charge in [0.15, 0.2) is 0 Å². The SMILES string of the molecule is COc1ccc(-c2ccc(=O)n(CC(=O)Nc3ccc(F)cc3)n2)cc1. The summed E-state index contributed by atoms with van der Waals surface area (Å²) in [6.07, 6.45) is 0. The number of anilines is 1. The maximum atomic E-state index is 12.9. The highest BCUT2D eigenvalue weighted by atomic mass is 19.1. The molecule has 1 amide bonds. The van der Waals surface area contributed by atoms with Gasteiger partial charge in [0, 0.05) is 17.3 Å². The van der Waals surface area contributed by atoms with E-state index in [-0.39, 0.29) is 6.54 Å². The lowest BCUT2D eigenvalue weighted by Gasteiger charge is -2.09. The molecule has 7 heteroatoms. The molecule has 0 atom stereocenters. The number of carbonyl (C=O) groups is 1. The largest absolute Gasteiger partial charge is 0.497 e. The molecule has 0 aliphatic rings. The lowest BCUT2D eigenvalue weighted by Crippen LogP contribution is -2.29. The smallest absolute Gasteiger partial charge is 0.267 e. The van der Waals surface area contributed by atoms with Gasteiger partial charge in [-0.2, -0.15) is 5.10 Å². The third kappa shape index (κ3) is 4.13. The molecule has 3 aromatic rings. The third-order valence-electron chi connectivity index (χ3n) is 3.67. The summed E-state index contributed by atoms with van der Waals surface area (Å²) in [5.74, 6) is -0.119. The summed E-state index contributed by atoms with van der Waals surface area (Å²) in [6, 6.07) is 15.5. The molecule has 0 fully saturated rings. The molecule has 0 unspecified atom stereocenters. The Balaban J connectivity index is 1.77. The van der Waals surface area contributed by atoms with Gasteiger partial charge in [0.25, 0.3) is 5.56 Å². The van der Waals surface area contributed by atoms with Crippen molar-refractivity contribution in [2.24, 2.45) is 0 Å². The average Bonchev–Trinajstić information content (AvgIpc) is 2.65. The Morgan fingerprint density at radius 1 is 1.08 bits per heavy atom. The van der Waals surface area contributed by atoms with Gasteiger partial charge in [-0.3, -0.25) is 9.59 Å². The molecule has 0 bridgehead atoms. The van der Waals surface area contributed by atoms with E-state index < -0.39 is 17.3 Å². The second-order valence-corrected chi connectivity index (χ2v) is 5.50. The van der Waals surface area contributed by atoms with Crippen molar-refractivity contribution in [3.63, 3.8) is 0 Å². The predicted octanol–water partition coefficient (Wildman–Crippen LogP) is 2.70. The quantitative estimate of drug-likeness (QED) is 0.765. The lowest BCUT2D eigenvalue weighted by atomic mass is 10.1. The van der Waals surface area contributed by atoms with Crippen molar-refractivity contribution < 1.29 is 13.9 Å². The highest BCUT2D eigenvalue weighted by Gasteiger charge is 2.09. The number of carbonyl (C=O) groups excluding carboxylic acids is 1. The van der Waals surface area contributed by atoms with Crippen LogP contribution in [-0.4, -0.2) is 22.8 Å². The van der Waals surface area contributed by atoms with Crippen molar-refractivity contribution in [3.05, 3.63) is 76.8 Å². The molecule has 3 rings (SSSR count). The van der Waals surface area contributed by atoms with Crippen LogP contribution in [0.3, 0.4) is 0 Å². The third-order valence-corrected chi connectivity index (χ3v) is 3.67. The summed E-state index contributed by atoms with van der Waals surface area (Å²) >= 11 is 0. The number of ether oxygens (including phenoxy) is 1. The van der Waals surface area contributed by atoms with E-state index in [2.05, 4.69) is 10.4 Å². The van der Waals surface area contributed by atoms with Crippen LogP contribution in [-0.2, 0) is 11.3 Å². The van der Waals surface area contributed by atoms with Crippen LogP contribution in [0.15, 0.2) is 65.5 Å². The molecule has 0 saturated heterocycles. The van der Waals surface area contributed by atoms with Crippen LogP contribution in [0.1, 0.15) is 0 Å². The first-order chi connectivity index (χ1) is 12.5. The van der Waals surface area contributed by atoms with Crippen molar-refractivity contribution >= 4 is 11.6 Å². The zero-order chi connectivity index (χ0) is 18.5. The van der Waals surface area contributed by atoms with Gasteiger partial charge in [-0.1, -0.05) is 0 Å². The molecular weight excluding hydrogens is 337 g/mol. The van der Waals surface area contributed by atoms with E-state index in [0.29, 0.717) is 17.1 Å². The van der Waals surface area contributed by atoms with Crippen LogP contribution >= 0.6 is 0 Å². The van der Waals surface area contributed by atoms with Gasteiger partial charge in [0.05, 0.1) is 12.8 Å². The molecule has 0 aliphatic carbocycles. The number of halogens is 1. The second-order valence-electron chi connectivity index (χ2n) is 5.50. The summed E-state index contributed by atoms with van der Waals surface area (Å²) in [5, 5.41) is 6.83. The molecule has 0 radical (unpaired) electrons. The maximum Gasteiger partial charge on any atom is 0.267 e. The van der Waals surface area contributed by atoms with Crippen LogP contribution in [0.2, 0.25) is 0 Å².